The standard InChI is InChI=1S/C9H6ClFN2O/c10-9-12-8(13-14-9)5-6-3-1-2-4-7(6)11/h1-4H,5H2. The normalized spacial score (nSPS) is 10.4. The van der Waals surface area contributed by atoms with Crippen LogP contribution in [0.2, 0.25) is 5.35 Å². The molecule has 0 amide bonds. The number of hydrogen-bond acceptors (Lipinski definition) is 3. The maximum atomic E-state index is 13.2. The van der Waals surface area contributed by atoms with Crippen LogP contribution in [0.1, 0.15) is 11.4 Å². The van der Waals surface area contributed by atoms with Gasteiger partial charge in [0.1, 0.15) is 5.82 Å². The van der Waals surface area contributed by atoms with Crippen molar-refractivity contribution < 1.29 is 8.91 Å². The molecule has 0 aliphatic heterocycles. The average Bonchev–Trinajstić information content (AvgIpc) is 2.56. The molecule has 0 atom stereocenters. The fourth-order valence-electron chi connectivity index (χ4n) is 1.12. The third-order valence-corrected chi connectivity index (χ3v) is 1.90. The Morgan fingerprint density at radius 1 is 1.36 bits per heavy atom. The van der Waals surface area contributed by atoms with E-state index >= 15 is 0 Å². The zero-order valence-electron chi connectivity index (χ0n) is 7.08. The van der Waals surface area contributed by atoms with Gasteiger partial charge in [-0.3, -0.25) is 0 Å². The lowest BCUT2D eigenvalue weighted by molar-refractivity contribution is 0.413. The first-order chi connectivity index (χ1) is 6.75. The SMILES string of the molecule is Fc1ccccc1Cc1noc(Cl)n1. The van der Waals surface area contributed by atoms with E-state index in [-0.39, 0.29) is 17.6 Å². The van der Waals surface area contributed by atoms with E-state index in [1.165, 1.54) is 6.07 Å². The minimum atomic E-state index is -0.284. The monoisotopic (exact) mass is 212 g/mol. The lowest BCUT2D eigenvalue weighted by Gasteiger charge is -1.97. The van der Waals surface area contributed by atoms with E-state index < -0.39 is 0 Å². The number of hydrogen-bond donors (Lipinski definition) is 0. The van der Waals surface area contributed by atoms with Gasteiger partial charge in [-0.25, -0.2) is 4.39 Å². The molecule has 3 nitrogen and oxygen atoms in total. The topological polar surface area (TPSA) is 38.9 Å². The van der Waals surface area contributed by atoms with Gasteiger partial charge in [0.2, 0.25) is 0 Å². The summed E-state index contributed by atoms with van der Waals surface area (Å²) in [7, 11) is 0. The van der Waals surface area contributed by atoms with Gasteiger partial charge in [0.05, 0.1) is 0 Å². The summed E-state index contributed by atoms with van der Waals surface area (Å²) in [6.45, 7) is 0. The Labute approximate surface area is 84.5 Å². The summed E-state index contributed by atoms with van der Waals surface area (Å²) in [6, 6.07) is 6.43. The molecule has 14 heavy (non-hydrogen) atoms. The highest BCUT2D eigenvalue weighted by molar-refractivity contribution is 6.27. The van der Waals surface area contributed by atoms with E-state index in [0.29, 0.717) is 11.4 Å². The first-order valence-corrected chi connectivity index (χ1v) is 4.35. The smallest absolute Gasteiger partial charge is 0.320 e. The van der Waals surface area contributed by atoms with Crippen molar-refractivity contribution in [2.45, 2.75) is 6.42 Å². The minimum absolute atomic E-state index is 0.0312. The first-order valence-electron chi connectivity index (χ1n) is 3.97. The minimum Gasteiger partial charge on any atom is -0.321 e. The van der Waals surface area contributed by atoms with Gasteiger partial charge in [0.15, 0.2) is 5.82 Å². The van der Waals surface area contributed by atoms with Crippen molar-refractivity contribution >= 4 is 11.6 Å². The van der Waals surface area contributed by atoms with Gasteiger partial charge < -0.3 is 4.52 Å². The first kappa shape index (κ1) is 9.15. The van der Waals surface area contributed by atoms with Crippen LogP contribution in [0.15, 0.2) is 28.8 Å². The Kier molecular flexibility index (Phi) is 2.45. The van der Waals surface area contributed by atoms with E-state index in [1.807, 2.05) is 0 Å². The van der Waals surface area contributed by atoms with Crippen molar-refractivity contribution in [2.75, 3.05) is 0 Å². The second-order valence-electron chi connectivity index (χ2n) is 2.73. The lowest BCUT2D eigenvalue weighted by Crippen LogP contribution is -1.93. The van der Waals surface area contributed by atoms with E-state index in [0.717, 1.165) is 0 Å². The summed E-state index contributed by atoms with van der Waals surface area (Å²) in [5.41, 5.74) is 0.518. The molecule has 0 N–H and O–H groups in total. The summed E-state index contributed by atoms with van der Waals surface area (Å²) in [6.07, 6.45) is 0.281. The molecule has 0 spiro atoms. The molecule has 1 heterocycles. The molecule has 0 radical (unpaired) electrons. The fourth-order valence-corrected chi connectivity index (χ4v) is 1.25. The van der Waals surface area contributed by atoms with Crippen molar-refractivity contribution in [2.24, 2.45) is 0 Å². The zero-order chi connectivity index (χ0) is 9.97. The third-order valence-electron chi connectivity index (χ3n) is 1.75. The van der Waals surface area contributed by atoms with Crippen molar-refractivity contribution in [3.8, 4) is 0 Å². The van der Waals surface area contributed by atoms with Gasteiger partial charge in [-0.1, -0.05) is 23.4 Å². The van der Waals surface area contributed by atoms with Gasteiger partial charge >= 0.3 is 5.35 Å². The molecular formula is C9H6ClFN2O. The Morgan fingerprint density at radius 3 is 2.79 bits per heavy atom. The van der Waals surface area contributed by atoms with E-state index in [4.69, 9.17) is 11.6 Å². The van der Waals surface area contributed by atoms with Crippen molar-refractivity contribution in [1.29, 1.82) is 0 Å². The molecule has 0 saturated heterocycles. The zero-order valence-corrected chi connectivity index (χ0v) is 7.83. The van der Waals surface area contributed by atoms with Crippen LogP contribution >= 0.6 is 11.6 Å². The fraction of sp³-hybridized carbons (Fsp3) is 0.111. The number of halogens is 2. The maximum Gasteiger partial charge on any atom is 0.320 e. The van der Waals surface area contributed by atoms with Gasteiger partial charge in [0, 0.05) is 6.42 Å². The number of benzene rings is 1. The molecule has 0 aliphatic carbocycles. The number of rotatable bonds is 2. The molecule has 0 fully saturated rings. The van der Waals surface area contributed by atoms with E-state index in [1.54, 1.807) is 18.2 Å². The number of aromatic nitrogens is 2. The molecule has 1 aromatic carbocycles. The average molecular weight is 213 g/mol. The van der Waals surface area contributed by atoms with Gasteiger partial charge in [-0.15, -0.1) is 0 Å². The van der Waals surface area contributed by atoms with Gasteiger partial charge in [-0.2, -0.15) is 4.98 Å². The van der Waals surface area contributed by atoms with E-state index in [9.17, 15) is 4.39 Å². The van der Waals surface area contributed by atoms with Crippen molar-refractivity contribution in [3.63, 3.8) is 0 Å². The maximum absolute atomic E-state index is 13.2. The largest absolute Gasteiger partial charge is 0.321 e. The predicted molar refractivity (Wildman–Crippen MR) is 48.5 cm³/mol. The van der Waals surface area contributed by atoms with Crippen LogP contribution in [0.25, 0.3) is 0 Å². The molecule has 1 aromatic heterocycles. The molecule has 0 unspecified atom stereocenters. The molecule has 0 aliphatic rings. The lowest BCUT2D eigenvalue weighted by atomic mass is 10.1. The summed E-state index contributed by atoms with van der Waals surface area (Å²) >= 11 is 5.43. The summed E-state index contributed by atoms with van der Waals surface area (Å²) in [5, 5.41) is 3.54. The Balaban J connectivity index is 2.23. The Bertz CT molecular complexity index is 444. The molecule has 2 aromatic rings. The van der Waals surface area contributed by atoms with Crippen LogP contribution in [0.5, 0.6) is 0 Å². The van der Waals surface area contributed by atoms with E-state index in [2.05, 4.69) is 14.7 Å². The molecule has 0 saturated carbocycles. The highest BCUT2D eigenvalue weighted by Gasteiger charge is 2.07. The van der Waals surface area contributed by atoms with Crippen LogP contribution in [0, 0.1) is 5.82 Å². The molecular weight excluding hydrogens is 207 g/mol. The van der Waals surface area contributed by atoms with Crippen LogP contribution in [0.4, 0.5) is 4.39 Å². The second kappa shape index (κ2) is 3.75. The molecule has 5 heteroatoms. The van der Waals surface area contributed by atoms with Gasteiger partial charge in [0.25, 0.3) is 0 Å². The van der Waals surface area contributed by atoms with Gasteiger partial charge in [-0.05, 0) is 23.2 Å². The van der Waals surface area contributed by atoms with Crippen molar-refractivity contribution in [3.05, 3.63) is 46.8 Å². The molecule has 2 rings (SSSR count). The van der Waals surface area contributed by atoms with Crippen molar-refractivity contribution in [1.82, 2.24) is 10.1 Å². The number of nitrogens with zero attached hydrogens (tertiary/aromatic N) is 2. The Hall–Kier alpha value is -1.42. The third kappa shape index (κ3) is 1.90. The highest BCUT2D eigenvalue weighted by Crippen LogP contribution is 2.12. The molecule has 0 bridgehead atoms. The molecule has 72 valence electrons. The van der Waals surface area contributed by atoms with Crippen LogP contribution < -0.4 is 0 Å². The quantitative estimate of drug-likeness (QED) is 0.768. The summed E-state index contributed by atoms with van der Waals surface area (Å²) in [5.74, 6) is 0.0912. The summed E-state index contributed by atoms with van der Waals surface area (Å²) in [4.78, 5) is 3.77. The second-order valence-corrected chi connectivity index (χ2v) is 3.06. The van der Waals surface area contributed by atoms with Crippen LogP contribution in [-0.4, -0.2) is 10.1 Å². The Morgan fingerprint density at radius 2 is 2.14 bits per heavy atom. The summed E-state index contributed by atoms with van der Waals surface area (Å²) < 4.78 is 17.7. The highest BCUT2D eigenvalue weighted by atomic mass is 35.5. The van der Waals surface area contributed by atoms with Crippen LogP contribution in [-0.2, 0) is 6.42 Å². The van der Waals surface area contributed by atoms with Crippen LogP contribution in [0.3, 0.4) is 0 Å². The predicted octanol–water partition coefficient (Wildman–Crippen LogP) is 2.45.